The summed E-state index contributed by atoms with van der Waals surface area (Å²) in [5, 5.41) is 0. The van der Waals surface area contributed by atoms with Crippen molar-refractivity contribution in [3.8, 4) is 5.88 Å². The van der Waals surface area contributed by atoms with Gasteiger partial charge in [-0.1, -0.05) is 19.3 Å². The van der Waals surface area contributed by atoms with E-state index in [-0.39, 0.29) is 23.3 Å². The summed E-state index contributed by atoms with van der Waals surface area (Å²) in [5.74, 6) is 0.419. The lowest BCUT2D eigenvalue weighted by Crippen LogP contribution is -2.34. The number of Topliss-reactive ketones (excluding diaryl/α,β-unsaturated/α-hetero) is 1. The van der Waals surface area contributed by atoms with Crippen LogP contribution in [-0.2, 0) is 4.74 Å². The van der Waals surface area contributed by atoms with E-state index in [0.29, 0.717) is 0 Å². The second kappa shape index (κ2) is 6.61. The molecule has 0 bridgehead atoms. The van der Waals surface area contributed by atoms with E-state index in [9.17, 15) is 4.79 Å². The normalized spacial score (nSPS) is 18.0. The molecule has 0 aliphatic heterocycles. The third kappa shape index (κ3) is 3.10. The third-order valence-electron chi connectivity index (χ3n) is 3.68. The van der Waals surface area contributed by atoms with Gasteiger partial charge in [0.1, 0.15) is 6.10 Å². The van der Waals surface area contributed by atoms with Gasteiger partial charge in [0.05, 0.1) is 7.11 Å². The van der Waals surface area contributed by atoms with Crippen molar-refractivity contribution in [2.45, 2.75) is 38.2 Å². The smallest absolute Gasteiger partial charge is 0.243 e. The van der Waals surface area contributed by atoms with E-state index >= 15 is 0 Å². The first-order chi connectivity index (χ1) is 9.27. The van der Waals surface area contributed by atoms with Gasteiger partial charge in [-0.25, -0.2) is 9.97 Å². The molecule has 104 valence electrons. The van der Waals surface area contributed by atoms with Crippen LogP contribution in [0.4, 0.5) is 0 Å². The second-order valence-electron chi connectivity index (χ2n) is 4.83. The molecule has 1 heterocycles. The van der Waals surface area contributed by atoms with Gasteiger partial charge in [0.25, 0.3) is 0 Å². The Labute approximate surface area is 113 Å². The highest BCUT2D eigenvalue weighted by Crippen LogP contribution is 2.30. The molecule has 1 aliphatic carbocycles. The fourth-order valence-electron chi connectivity index (χ4n) is 2.73. The summed E-state index contributed by atoms with van der Waals surface area (Å²) in [6, 6.07) is 0. The lowest BCUT2D eigenvalue weighted by molar-refractivity contribution is 0.0307. The lowest BCUT2D eigenvalue weighted by Gasteiger charge is -2.28. The Kier molecular flexibility index (Phi) is 4.85. The lowest BCUT2D eigenvalue weighted by atomic mass is 9.83. The molecule has 1 saturated carbocycles. The third-order valence-corrected chi connectivity index (χ3v) is 3.68. The zero-order chi connectivity index (χ0) is 13.7. The molecule has 0 amide bonds. The number of carbonyl (C=O) groups is 1. The Balaban J connectivity index is 2.19. The predicted molar refractivity (Wildman–Crippen MR) is 70.3 cm³/mol. The van der Waals surface area contributed by atoms with Crippen LogP contribution >= 0.6 is 0 Å². The number of carbonyl (C=O) groups excluding carboxylic acids is 1. The van der Waals surface area contributed by atoms with Crippen molar-refractivity contribution in [1.82, 2.24) is 9.97 Å². The molecule has 19 heavy (non-hydrogen) atoms. The monoisotopic (exact) mass is 264 g/mol. The zero-order valence-corrected chi connectivity index (χ0v) is 11.5. The Hall–Kier alpha value is -1.49. The van der Waals surface area contributed by atoms with E-state index < -0.39 is 6.10 Å². The van der Waals surface area contributed by atoms with Gasteiger partial charge >= 0.3 is 0 Å². The number of ketones is 1. The molecular weight excluding hydrogens is 244 g/mol. The van der Waals surface area contributed by atoms with Crippen LogP contribution in [0.5, 0.6) is 5.88 Å². The second-order valence-corrected chi connectivity index (χ2v) is 4.83. The average molecular weight is 264 g/mol. The van der Waals surface area contributed by atoms with Crippen LogP contribution in [0.3, 0.4) is 0 Å². The fraction of sp³-hybridized carbons (Fsp3) is 0.643. The highest BCUT2D eigenvalue weighted by atomic mass is 16.5. The number of aromatic nitrogens is 2. The molecule has 0 spiro atoms. The van der Waals surface area contributed by atoms with Crippen LogP contribution < -0.4 is 4.74 Å². The molecule has 2 rings (SSSR count). The molecule has 5 nitrogen and oxygen atoms in total. The largest absolute Gasteiger partial charge is 0.479 e. The van der Waals surface area contributed by atoms with Crippen molar-refractivity contribution in [2.75, 3.05) is 14.2 Å². The summed E-state index contributed by atoms with van der Waals surface area (Å²) in [5.41, 5.74) is 0.266. The molecule has 0 radical (unpaired) electrons. The minimum atomic E-state index is -0.439. The van der Waals surface area contributed by atoms with Crippen molar-refractivity contribution in [2.24, 2.45) is 5.92 Å². The van der Waals surface area contributed by atoms with Crippen LogP contribution in [0, 0.1) is 5.92 Å². The SMILES string of the molecule is COc1nccnc1C(=O)C(OC)C1CCCCC1. The first kappa shape index (κ1) is 13.9. The summed E-state index contributed by atoms with van der Waals surface area (Å²) in [4.78, 5) is 20.7. The Morgan fingerprint density at radius 1 is 1.21 bits per heavy atom. The van der Waals surface area contributed by atoms with Crippen LogP contribution in [0.15, 0.2) is 12.4 Å². The van der Waals surface area contributed by atoms with Crippen molar-refractivity contribution in [3.63, 3.8) is 0 Å². The topological polar surface area (TPSA) is 61.3 Å². The van der Waals surface area contributed by atoms with Gasteiger partial charge in [-0.3, -0.25) is 4.79 Å². The van der Waals surface area contributed by atoms with Crippen LogP contribution in [-0.4, -0.2) is 36.1 Å². The Morgan fingerprint density at radius 2 is 1.89 bits per heavy atom. The summed E-state index contributed by atoms with van der Waals surface area (Å²) >= 11 is 0. The molecule has 1 aliphatic rings. The van der Waals surface area contributed by atoms with Crippen molar-refractivity contribution in [3.05, 3.63) is 18.1 Å². The molecular formula is C14H20N2O3. The van der Waals surface area contributed by atoms with Gasteiger partial charge in [-0.2, -0.15) is 0 Å². The van der Waals surface area contributed by atoms with Crippen LogP contribution in [0.1, 0.15) is 42.6 Å². The molecule has 0 aromatic carbocycles. The average Bonchev–Trinajstić information content (AvgIpc) is 2.49. The van der Waals surface area contributed by atoms with E-state index in [4.69, 9.17) is 9.47 Å². The van der Waals surface area contributed by atoms with Crippen LogP contribution in [0.25, 0.3) is 0 Å². The number of hydrogen-bond acceptors (Lipinski definition) is 5. The minimum absolute atomic E-state index is 0.126. The maximum atomic E-state index is 12.5. The van der Waals surface area contributed by atoms with E-state index in [0.717, 1.165) is 25.7 Å². The van der Waals surface area contributed by atoms with E-state index in [2.05, 4.69) is 9.97 Å². The summed E-state index contributed by atoms with van der Waals surface area (Å²) in [6.45, 7) is 0. The number of hydrogen-bond donors (Lipinski definition) is 0. The van der Waals surface area contributed by atoms with Gasteiger partial charge in [-0.15, -0.1) is 0 Å². The van der Waals surface area contributed by atoms with Gasteiger partial charge in [0, 0.05) is 19.5 Å². The number of ether oxygens (including phenoxy) is 2. The molecule has 0 saturated heterocycles. The Morgan fingerprint density at radius 3 is 2.53 bits per heavy atom. The number of methoxy groups -OCH3 is 2. The molecule has 1 fully saturated rings. The molecule has 1 aromatic heterocycles. The van der Waals surface area contributed by atoms with Crippen molar-refractivity contribution in [1.29, 1.82) is 0 Å². The van der Waals surface area contributed by atoms with E-state index in [1.54, 1.807) is 7.11 Å². The molecule has 1 unspecified atom stereocenters. The molecule has 0 N–H and O–H groups in total. The molecule has 1 aromatic rings. The van der Waals surface area contributed by atoms with Gasteiger partial charge in [0.15, 0.2) is 5.69 Å². The number of rotatable bonds is 5. The van der Waals surface area contributed by atoms with Gasteiger partial charge in [-0.05, 0) is 18.8 Å². The summed E-state index contributed by atoms with van der Waals surface area (Å²) < 4.78 is 10.5. The van der Waals surface area contributed by atoms with Gasteiger partial charge in [0.2, 0.25) is 11.7 Å². The maximum Gasteiger partial charge on any atom is 0.243 e. The molecule has 5 heteroatoms. The first-order valence-corrected chi connectivity index (χ1v) is 6.70. The predicted octanol–water partition coefficient (Wildman–Crippen LogP) is 2.26. The maximum absolute atomic E-state index is 12.5. The van der Waals surface area contributed by atoms with Crippen molar-refractivity contribution >= 4 is 5.78 Å². The fourth-order valence-corrected chi connectivity index (χ4v) is 2.73. The van der Waals surface area contributed by atoms with Gasteiger partial charge < -0.3 is 9.47 Å². The Bertz CT molecular complexity index is 430. The quantitative estimate of drug-likeness (QED) is 0.763. The van der Waals surface area contributed by atoms with E-state index in [1.807, 2.05) is 0 Å². The van der Waals surface area contributed by atoms with Crippen LogP contribution in [0.2, 0.25) is 0 Å². The highest BCUT2D eigenvalue weighted by Gasteiger charge is 2.32. The highest BCUT2D eigenvalue weighted by molar-refractivity contribution is 5.99. The standard InChI is InChI=1S/C14H20N2O3/c1-18-13(10-6-4-3-5-7-10)12(17)11-14(19-2)16-9-8-15-11/h8-10,13H,3-7H2,1-2H3. The minimum Gasteiger partial charge on any atom is -0.479 e. The number of nitrogens with zero attached hydrogens (tertiary/aromatic N) is 2. The first-order valence-electron chi connectivity index (χ1n) is 6.70. The zero-order valence-electron chi connectivity index (χ0n) is 11.5. The molecule has 1 atom stereocenters. The summed E-state index contributed by atoms with van der Waals surface area (Å²) in [6.07, 6.45) is 8.22. The summed E-state index contributed by atoms with van der Waals surface area (Å²) in [7, 11) is 3.07. The van der Waals surface area contributed by atoms with E-state index in [1.165, 1.54) is 25.9 Å². The van der Waals surface area contributed by atoms with Crippen molar-refractivity contribution < 1.29 is 14.3 Å².